The molecule has 2 aromatic rings. The van der Waals surface area contributed by atoms with Crippen molar-refractivity contribution in [2.75, 3.05) is 0 Å². The van der Waals surface area contributed by atoms with Crippen LogP contribution >= 0.6 is 11.6 Å². The van der Waals surface area contributed by atoms with Gasteiger partial charge in [-0.2, -0.15) is 5.10 Å². The zero-order valence-corrected chi connectivity index (χ0v) is 10.8. The topological polar surface area (TPSA) is 27.1 Å². The molecule has 18 heavy (non-hydrogen) atoms. The van der Waals surface area contributed by atoms with Crippen LogP contribution in [-0.2, 0) is 13.2 Å². The minimum atomic E-state index is -0.358. The Morgan fingerprint density at radius 3 is 3.00 bits per heavy atom. The molecule has 2 rings (SSSR count). The maximum Gasteiger partial charge on any atom is 0.157 e. The van der Waals surface area contributed by atoms with Crippen LogP contribution in [0.3, 0.4) is 0 Å². The van der Waals surface area contributed by atoms with Crippen molar-refractivity contribution >= 4 is 11.6 Å². The van der Waals surface area contributed by atoms with Gasteiger partial charge >= 0.3 is 0 Å². The van der Waals surface area contributed by atoms with Crippen molar-refractivity contribution in [2.45, 2.75) is 26.5 Å². The summed E-state index contributed by atoms with van der Waals surface area (Å²) in [7, 11) is 0. The summed E-state index contributed by atoms with van der Waals surface area (Å²) in [6.07, 6.45) is 4.41. The molecule has 1 aromatic carbocycles. The average Bonchev–Trinajstić information content (AvgIpc) is 2.77. The van der Waals surface area contributed by atoms with Crippen LogP contribution in [0.15, 0.2) is 30.6 Å². The molecule has 0 atom stereocenters. The Morgan fingerprint density at radius 1 is 1.44 bits per heavy atom. The Labute approximate surface area is 110 Å². The Hall–Kier alpha value is -1.55. The highest BCUT2D eigenvalue weighted by Gasteiger charge is 2.08. The predicted octanol–water partition coefficient (Wildman–Crippen LogP) is 3.66. The van der Waals surface area contributed by atoms with Crippen molar-refractivity contribution in [3.8, 4) is 5.75 Å². The van der Waals surface area contributed by atoms with Gasteiger partial charge in [-0.15, -0.1) is 0 Å². The Bertz CT molecular complexity index is 507. The van der Waals surface area contributed by atoms with Crippen molar-refractivity contribution in [3.63, 3.8) is 0 Å². The second-order valence-corrected chi connectivity index (χ2v) is 4.34. The van der Waals surface area contributed by atoms with Crippen LogP contribution < -0.4 is 4.74 Å². The summed E-state index contributed by atoms with van der Waals surface area (Å²) in [4.78, 5) is 0. The summed E-state index contributed by atoms with van der Waals surface area (Å²) in [6.45, 7) is 3.01. The molecule has 1 aromatic heterocycles. The summed E-state index contributed by atoms with van der Waals surface area (Å²) < 4.78 is 20.8. The highest BCUT2D eigenvalue weighted by Crippen LogP contribution is 2.21. The monoisotopic (exact) mass is 268 g/mol. The molecule has 0 amide bonds. The van der Waals surface area contributed by atoms with Crippen molar-refractivity contribution in [2.24, 2.45) is 0 Å². The van der Waals surface area contributed by atoms with E-state index in [9.17, 15) is 4.39 Å². The fourth-order valence-electron chi connectivity index (χ4n) is 1.60. The van der Waals surface area contributed by atoms with Crippen LogP contribution in [0, 0.1) is 5.82 Å². The van der Waals surface area contributed by atoms with E-state index in [2.05, 4.69) is 12.0 Å². The van der Waals surface area contributed by atoms with E-state index in [-0.39, 0.29) is 12.4 Å². The Kier molecular flexibility index (Phi) is 4.20. The molecule has 3 nitrogen and oxygen atoms in total. The molecular formula is C13H14ClFN2O. The first-order chi connectivity index (χ1) is 8.70. The van der Waals surface area contributed by atoms with E-state index < -0.39 is 0 Å². The van der Waals surface area contributed by atoms with E-state index in [1.807, 2.05) is 0 Å². The smallest absolute Gasteiger partial charge is 0.157 e. The number of hydrogen-bond donors (Lipinski definition) is 0. The SMILES string of the molecule is CCCn1cc(OCc2c(F)cccc2Cl)cn1. The van der Waals surface area contributed by atoms with Crippen LogP contribution in [0.2, 0.25) is 5.02 Å². The molecule has 0 saturated carbocycles. The molecule has 0 fully saturated rings. The Balaban J connectivity index is 2.02. The number of rotatable bonds is 5. The molecule has 5 heteroatoms. The maximum absolute atomic E-state index is 13.5. The third-order valence-electron chi connectivity index (χ3n) is 2.51. The molecule has 0 spiro atoms. The summed E-state index contributed by atoms with van der Waals surface area (Å²) in [5.74, 6) is 0.256. The normalized spacial score (nSPS) is 10.6. The third-order valence-corrected chi connectivity index (χ3v) is 2.86. The molecule has 0 aliphatic rings. The van der Waals surface area contributed by atoms with E-state index in [1.54, 1.807) is 29.2 Å². The van der Waals surface area contributed by atoms with Crippen molar-refractivity contribution < 1.29 is 9.13 Å². The van der Waals surface area contributed by atoms with Gasteiger partial charge in [0, 0.05) is 12.1 Å². The molecule has 0 aliphatic carbocycles. The van der Waals surface area contributed by atoms with Gasteiger partial charge in [0.25, 0.3) is 0 Å². The van der Waals surface area contributed by atoms with Crippen molar-refractivity contribution in [1.29, 1.82) is 0 Å². The second kappa shape index (κ2) is 5.87. The van der Waals surface area contributed by atoms with Gasteiger partial charge in [-0.05, 0) is 18.6 Å². The minimum absolute atomic E-state index is 0.101. The maximum atomic E-state index is 13.5. The number of nitrogens with zero attached hydrogens (tertiary/aromatic N) is 2. The van der Waals surface area contributed by atoms with Crippen LogP contribution in [0.1, 0.15) is 18.9 Å². The lowest BCUT2D eigenvalue weighted by Gasteiger charge is -2.06. The number of ether oxygens (including phenoxy) is 1. The molecule has 0 bridgehead atoms. The summed E-state index contributed by atoms with van der Waals surface area (Å²) in [5, 5.41) is 4.50. The molecule has 0 N–H and O–H groups in total. The lowest BCUT2D eigenvalue weighted by molar-refractivity contribution is 0.299. The zero-order chi connectivity index (χ0) is 13.0. The number of aryl methyl sites for hydroxylation is 1. The minimum Gasteiger partial charge on any atom is -0.485 e. The Morgan fingerprint density at radius 2 is 2.28 bits per heavy atom. The quantitative estimate of drug-likeness (QED) is 0.827. The lowest BCUT2D eigenvalue weighted by Crippen LogP contribution is -1.99. The standard InChI is InChI=1S/C13H14ClFN2O/c1-2-6-17-8-10(7-16-17)18-9-11-12(14)4-3-5-13(11)15/h3-5,7-8H,2,6,9H2,1H3. The van der Waals surface area contributed by atoms with Gasteiger partial charge in [0.2, 0.25) is 0 Å². The molecular weight excluding hydrogens is 255 g/mol. The van der Waals surface area contributed by atoms with E-state index >= 15 is 0 Å². The number of hydrogen-bond acceptors (Lipinski definition) is 2. The molecule has 0 saturated heterocycles. The fraction of sp³-hybridized carbons (Fsp3) is 0.308. The number of aromatic nitrogens is 2. The lowest BCUT2D eigenvalue weighted by atomic mass is 10.2. The van der Waals surface area contributed by atoms with Gasteiger partial charge in [-0.3, -0.25) is 4.68 Å². The third kappa shape index (κ3) is 3.01. The van der Waals surface area contributed by atoms with Crippen LogP contribution in [0.4, 0.5) is 4.39 Å². The first-order valence-electron chi connectivity index (χ1n) is 5.79. The van der Waals surface area contributed by atoms with E-state index in [1.165, 1.54) is 6.07 Å². The highest BCUT2D eigenvalue weighted by atomic mass is 35.5. The first-order valence-corrected chi connectivity index (χ1v) is 6.16. The van der Waals surface area contributed by atoms with Gasteiger partial charge < -0.3 is 4.74 Å². The largest absolute Gasteiger partial charge is 0.485 e. The second-order valence-electron chi connectivity index (χ2n) is 3.93. The molecule has 96 valence electrons. The molecule has 0 radical (unpaired) electrons. The van der Waals surface area contributed by atoms with Gasteiger partial charge in [0.05, 0.1) is 17.4 Å². The predicted molar refractivity (Wildman–Crippen MR) is 68.3 cm³/mol. The van der Waals surface area contributed by atoms with Gasteiger partial charge in [0.15, 0.2) is 5.75 Å². The van der Waals surface area contributed by atoms with E-state index in [0.29, 0.717) is 16.3 Å². The average molecular weight is 269 g/mol. The molecule has 1 heterocycles. The molecule has 0 unspecified atom stereocenters. The fourth-order valence-corrected chi connectivity index (χ4v) is 1.81. The van der Waals surface area contributed by atoms with Crippen LogP contribution in [0.25, 0.3) is 0 Å². The highest BCUT2D eigenvalue weighted by molar-refractivity contribution is 6.31. The van der Waals surface area contributed by atoms with Crippen molar-refractivity contribution in [1.82, 2.24) is 9.78 Å². The van der Waals surface area contributed by atoms with Crippen LogP contribution in [-0.4, -0.2) is 9.78 Å². The van der Waals surface area contributed by atoms with Crippen molar-refractivity contribution in [3.05, 3.63) is 47.0 Å². The zero-order valence-electron chi connectivity index (χ0n) is 10.1. The van der Waals surface area contributed by atoms with Crippen LogP contribution in [0.5, 0.6) is 5.75 Å². The first kappa shape index (κ1) is 12.9. The van der Waals surface area contributed by atoms with Gasteiger partial charge in [0.1, 0.15) is 12.4 Å². The summed E-state index contributed by atoms with van der Waals surface area (Å²) in [6, 6.07) is 4.58. The summed E-state index contributed by atoms with van der Waals surface area (Å²) in [5.41, 5.74) is 0.363. The van der Waals surface area contributed by atoms with Gasteiger partial charge in [-0.25, -0.2) is 4.39 Å². The molecule has 0 aliphatic heterocycles. The summed E-state index contributed by atoms with van der Waals surface area (Å²) >= 11 is 5.91. The van der Waals surface area contributed by atoms with E-state index in [0.717, 1.165) is 13.0 Å². The van der Waals surface area contributed by atoms with E-state index in [4.69, 9.17) is 16.3 Å². The number of halogens is 2. The van der Waals surface area contributed by atoms with Gasteiger partial charge in [-0.1, -0.05) is 24.6 Å². The number of benzene rings is 1.